The van der Waals surface area contributed by atoms with Gasteiger partial charge in [-0.3, -0.25) is 0 Å². The van der Waals surface area contributed by atoms with Crippen LogP contribution in [-0.2, 0) is 9.47 Å². The van der Waals surface area contributed by atoms with E-state index < -0.39 is 0 Å². The van der Waals surface area contributed by atoms with Gasteiger partial charge < -0.3 is 9.47 Å². The molecule has 0 aliphatic heterocycles. The minimum absolute atomic E-state index is 0.539. The van der Waals surface area contributed by atoms with Crippen molar-refractivity contribution >= 4 is 11.6 Å². The molecule has 0 fully saturated rings. The number of halogens is 1. The third-order valence-corrected chi connectivity index (χ3v) is 1.36. The van der Waals surface area contributed by atoms with Crippen LogP contribution in [0.1, 0.15) is 12.8 Å². The van der Waals surface area contributed by atoms with Crippen LogP contribution in [0.25, 0.3) is 0 Å². The maximum Gasteiger partial charge on any atom is 0.0701 e. The fourth-order valence-electron chi connectivity index (χ4n) is 0.653. The molecule has 0 amide bonds. The first-order chi connectivity index (χ1) is 5.91. The molecule has 0 atom stereocenters. The van der Waals surface area contributed by atoms with Crippen LogP contribution in [0.5, 0.6) is 0 Å². The Balaban J connectivity index is 2.78. The summed E-state index contributed by atoms with van der Waals surface area (Å²) in [5, 5.41) is 0. The van der Waals surface area contributed by atoms with Gasteiger partial charge in [-0.15, -0.1) is 23.9 Å². The van der Waals surface area contributed by atoms with Gasteiger partial charge in [-0.05, 0) is 6.42 Å². The van der Waals surface area contributed by atoms with Crippen molar-refractivity contribution in [2.45, 2.75) is 12.8 Å². The highest BCUT2D eigenvalue weighted by atomic mass is 35.5. The largest absolute Gasteiger partial charge is 0.379 e. The Kier molecular flexibility index (Phi) is 10.6. The number of unbranched alkanes of at least 4 members (excludes halogenated alkanes) is 1. The molecule has 70 valence electrons. The zero-order chi connectivity index (χ0) is 9.07. The van der Waals surface area contributed by atoms with Crippen molar-refractivity contribution in [3.8, 4) is 12.3 Å². The molecule has 12 heavy (non-hydrogen) atoms. The van der Waals surface area contributed by atoms with E-state index in [0.29, 0.717) is 32.3 Å². The fourth-order valence-corrected chi connectivity index (χ4v) is 0.762. The quantitative estimate of drug-likeness (QED) is 0.329. The maximum atomic E-state index is 5.39. The van der Waals surface area contributed by atoms with Crippen LogP contribution < -0.4 is 0 Å². The lowest BCUT2D eigenvalue weighted by atomic mass is 10.3. The second-order valence-electron chi connectivity index (χ2n) is 2.22. The molecule has 0 bridgehead atoms. The van der Waals surface area contributed by atoms with Crippen LogP contribution in [0.15, 0.2) is 0 Å². The molecule has 0 aromatic heterocycles. The van der Waals surface area contributed by atoms with Crippen LogP contribution in [0, 0.1) is 12.3 Å². The predicted octanol–water partition coefficient (Wildman–Crippen LogP) is 1.67. The Bertz CT molecular complexity index is 120. The topological polar surface area (TPSA) is 18.5 Å². The van der Waals surface area contributed by atoms with Crippen molar-refractivity contribution in [2.24, 2.45) is 0 Å². The van der Waals surface area contributed by atoms with Crippen molar-refractivity contribution in [2.75, 3.05) is 32.3 Å². The third kappa shape index (κ3) is 9.77. The molecule has 0 aliphatic rings. The summed E-state index contributed by atoms with van der Waals surface area (Å²) in [7, 11) is 0. The summed E-state index contributed by atoms with van der Waals surface area (Å²) in [4.78, 5) is 0. The standard InChI is InChI=1S/C9H15ClO2/c1-2-3-4-6-11-8-9-12-7-5-10/h1H,3-9H2. The van der Waals surface area contributed by atoms with Crippen molar-refractivity contribution in [3.05, 3.63) is 0 Å². The highest BCUT2D eigenvalue weighted by Gasteiger charge is 1.88. The van der Waals surface area contributed by atoms with Crippen molar-refractivity contribution in [1.29, 1.82) is 0 Å². The van der Waals surface area contributed by atoms with E-state index in [9.17, 15) is 0 Å². The Morgan fingerprint density at radius 1 is 1.08 bits per heavy atom. The molecule has 0 heterocycles. The summed E-state index contributed by atoms with van der Waals surface area (Å²) in [5.74, 6) is 3.09. The molecule has 0 N–H and O–H groups in total. The molecule has 0 rings (SSSR count). The molecular weight excluding hydrogens is 176 g/mol. The maximum absolute atomic E-state index is 5.39. The normalized spacial score (nSPS) is 9.67. The van der Waals surface area contributed by atoms with Gasteiger partial charge >= 0.3 is 0 Å². The Morgan fingerprint density at radius 3 is 2.33 bits per heavy atom. The second-order valence-corrected chi connectivity index (χ2v) is 2.60. The van der Waals surface area contributed by atoms with E-state index in [1.54, 1.807) is 0 Å². The van der Waals surface area contributed by atoms with Gasteiger partial charge in [0.15, 0.2) is 0 Å². The van der Waals surface area contributed by atoms with Gasteiger partial charge in [0.05, 0.1) is 19.8 Å². The van der Waals surface area contributed by atoms with E-state index in [4.69, 9.17) is 27.5 Å². The number of terminal acetylenes is 1. The lowest BCUT2D eigenvalue weighted by molar-refractivity contribution is 0.0530. The molecule has 3 heteroatoms. The number of hydrogen-bond acceptors (Lipinski definition) is 2. The van der Waals surface area contributed by atoms with Crippen molar-refractivity contribution in [3.63, 3.8) is 0 Å². The van der Waals surface area contributed by atoms with E-state index in [1.807, 2.05) is 0 Å². The van der Waals surface area contributed by atoms with Gasteiger partial charge in [0.1, 0.15) is 0 Å². The lowest BCUT2D eigenvalue weighted by Gasteiger charge is -2.02. The first-order valence-electron chi connectivity index (χ1n) is 4.06. The zero-order valence-corrected chi connectivity index (χ0v) is 7.98. The SMILES string of the molecule is C#CCCCOCCOCCCl. The molecule has 0 aromatic rings. The third-order valence-electron chi connectivity index (χ3n) is 1.20. The highest BCUT2D eigenvalue weighted by Crippen LogP contribution is 1.88. The summed E-state index contributed by atoms with van der Waals surface area (Å²) < 4.78 is 10.3. The van der Waals surface area contributed by atoms with E-state index in [2.05, 4.69) is 5.92 Å². The molecule has 2 nitrogen and oxygen atoms in total. The molecule has 0 aromatic carbocycles. The van der Waals surface area contributed by atoms with Crippen LogP contribution in [0.4, 0.5) is 0 Å². The molecule has 0 aliphatic carbocycles. The molecule has 0 saturated carbocycles. The Morgan fingerprint density at radius 2 is 1.75 bits per heavy atom. The number of hydrogen-bond donors (Lipinski definition) is 0. The van der Waals surface area contributed by atoms with Gasteiger partial charge in [0.25, 0.3) is 0 Å². The first-order valence-corrected chi connectivity index (χ1v) is 4.60. The molecular formula is C9H15ClO2. The van der Waals surface area contributed by atoms with Gasteiger partial charge in [-0.1, -0.05) is 0 Å². The smallest absolute Gasteiger partial charge is 0.0701 e. The van der Waals surface area contributed by atoms with Crippen molar-refractivity contribution < 1.29 is 9.47 Å². The average Bonchev–Trinajstić information content (AvgIpc) is 2.10. The number of alkyl halides is 1. The van der Waals surface area contributed by atoms with E-state index in [0.717, 1.165) is 12.8 Å². The van der Waals surface area contributed by atoms with E-state index >= 15 is 0 Å². The summed E-state index contributed by atoms with van der Waals surface area (Å²) >= 11 is 5.39. The predicted molar refractivity (Wildman–Crippen MR) is 50.4 cm³/mol. The van der Waals surface area contributed by atoms with Crippen LogP contribution in [0.2, 0.25) is 0 Å². The van der Waals surface area contributed by atoms with Gasteiger partial charge in [0.2, 0.25) is 0 Å². The van der Waals surface area contributed by atoms with Gasteiger partial charge in [0, 0.05) is 18.9 Å². The number of rotatable bonds is 8. The Hall–Kier alpha value is -0.230. The first kappa shape index (κ1) is 11.8. The highest BCUT2D eigenvalue weighted by molar-refractivity contribution is 6.17. The summed E-state index contributed by atoms with van der Waals surface area (Å²) in [6, 6.07) is 0. The van der Waals surface area contributed by atoms with Gasteiger partial charge in [-0.25, -0.2) is 0 Å². The minimum Gasteiger partial charge on any atom is -0.379 e. The van der Waals surface area contributed by atoms with Crippen LogP contribution >= 0.6 is 11.6 Å². The number of ether oxygens (including phenoxy) is 2. The molecule has 0 unspecified atom stereocenters. The van der Waals surface area contributed by atoms with Gasteiger partial charge in [-0.2, -0.15) is 0 Å². The summed E-state index contributed by atoms with van der Waals surface area (Å²) in [5.41, 5.74) is 0. The zero-order valence-electron chi connectivity index (χ0n) is 7.22. The molecule has 0 saturated heterocycles. The van der Waals surface area contributed by atoms with E-state index in [-0.39, 0.29) is 0 Å². The molecule has 0 spiro atoms. The van der Waals surface area contributed by atoms with Crippen LogP contribution in [0.3, 0.4) is 0 Å². The summed E-state index contributed by atoms with van der Waals surface area (Å²) in [6.07, 6.45) is 6.77. The van der Waals surface area contributed by atoms with Crippen LogP contribution in [-0.4, -0.2) is 32.3 Å². The second kappa shape index (κ2) is 10.8. The fraction of sp³-hybridized carbons (Fsp3) is 0.778. The molecule has 0 radical (unpaired) electrons. The Labute approximate surface area is 79.2 Å². The minimum atomic E-state index is 0.539. The summed E-state index contributed by atoms with van der Waals surface area (Å²) in [6.45, 7) is 2.55. The monoisotopic (exact) mass is 190 g/mol. The lowest BCUT2D eigenvalue weighted by Crippen LogP contribution is -2.06. The van der Waals surface area contributed by atoms with Crippen molar-refractivity contribution in [1.82, 2.24) is 0 Å². The average molecular weight is 191 g/mol. The van der Waals surface area contributed by atoms with E-state index in [1.165, 1.54) is 0 Å².